The van der Waals surface area contributed by atoms with E-state index in [1.54, 1.807) is 53.9 Å². The SMILES string of the molecule is O=C(NCC(=O)N(c1ccccc1)[C@H](C(=O)NC1CCCC1)c1ccc(Cl)cc1)c1cccs1. The number of anilines is 1. The van der Waals surface area contributed by atoms with Crippen LogP contribution in [0.25, 0.3) is 0 Å². The molecule has 1 saturated carbocycles. The monoisotopic (exact) mass is 495 g/mol. The number of hydrogen-bond acceptors (Lipinski definition) is 4. The number of benzene rings is 2. The molecule has 1 fully saturated rings. The quantitative estimate of drug-likeness (QED) is 0.463. The molecule has 3 amide bonds. The number of nitrogens with one attached hydrogen (secondary N) is 2. The molecule has 0 bridgehead atoms. The van der Waals surface area contributed by atoms with Gasteiger partial charge in [0.15, 0.2) is 0 Å². The van der Waals surface area contributed by atoms with Gasteiger partial charge in [0, 0.05) is 16.8 Å². The summed E-state index contributed by atoms with van der Waals surface area (Å²) in [5.41, 5.74) is 1.21. The molecule has 2 N–H and O–H groups in total. The Morgan fingerprint density at radius 2 is 1.68 bits per heavy atom. The fourth-order valence-corrected chi connectivity index (χ4v) is 4.94. The van der Waals surface area contributed by atoms with Crippen molar-refractivity contribution in [1.82, 2.24) is 10.6 Å². The van der Waals surface area contributed by atoms with E-state index < -0.39 is 11.9 Å². The van der Waals surface area contributed by atoms with Crippen LogP contribution in [0.2, 0.25) is 5.02 Å². The second-order valence-corrected chi connectivity index (χ2v) is 9.59. The van der Waals surface area contributed by atoms with Crippen molar-refractivity contribution in [2.24, 2.45) is 0 Å². The Hall–Kier alpha value is -3.16. The second-order valence-electron chi connectivity index (χ2n) is 8.20. The average molecular weight is 496 g/mol. The minimum atomic E-state index is -0.911. The largest absolute Gasteiger partial charge is 0.351 e. The van der Waals surface area contributed by atoms with E-state index in [2.05, 4.69) is 10.6 Å². The fraction of sp³-hybridized carbons (Fsp3) is 0.269. The number of rotatable bonds is 8. The average Bonchev–Trinajstić information content (AvgIpc) is 3.57. The number of halogens is 1. The Kier molecular flexibility index (Phi) is 7.98. The highest BCUT2D eigenvalue weighted by Crippen LogP contribution is 2.30. The molecular formula is C26H26ClN3O3S. The zero-order chi connectivity index (χ0) is 23.9. The molecule has 8 heteroatoms. The summed E-state index contributed by atoms with van der Waals surface area (Å²) in [6, 6.07) is 18.6. The number of nitrogens with zero attached hydrogens (tertiary/aromatic N) is 1. The number of carbonyl (C=O) groups excluding carboxylic acids is 3. The van der Waals surface area contributed by atoms with Crippen molar-refractivity contribution in [1.29, 1.82) is 0 Å². The van der Waals surface area contributed by atoms with Gasteiger partial charge in [0.05, 0.1) is 11.4 Å². The Morgan fingerprint density at radius 1 is 0.971 bits per heavy atom. The Morgan fingerprint density at radius 3 is 2.32 bits per heavy atom. The van der Waals surface area contributed by atoms with Crippen LogP contribution in [-0.2, 0) is 9.59 Å². The third-order valence-corrected chi connectivity index (χ3v) is 6.96. The third kappa shape index (κ3) is 5.85. The smallest absolute Gasteiger partial charge is 0.261 e. The summed E-state index contributed by atoms with van der Waals surface area (Å²) in [6.07, 6.45) is 4.00. The van der Waals surface area contributed by atoms with E-state index in [1.807, 2.05) is 18.2 Å². The van der Waals surface area contributed by atoms with Crippen LogP contribution in [0.5, 0.6) is 0 Å². The van der Waals surface area contributed by atoms with Crippen LogP contribution in [-0.4, -0.2) is 30.3 Å². The minimum Gasteiger partial charge on any atom is -0.351 e. The predicted octanol–water partition coefficient (Wildman–Crippen LogP) is 4.96. The summed E-state index contributed by atoms with van der Waals surface area (Å²) in [7, 11) is 0. The Labute approximate surface area is 207 Å². The molecular weight excluding hydrogens is 470 g/mol. The summed E-state index contributed by atoms with van der Waals surface area (Å²) < 4.78 is 0. The first-order chi connectivity index (χ1) is 16.5. The van der Waals surface area contributed by atoms with Crippen LogP contribution in [0, 0.1) is 0 Å². The van der Waals surface area contributed by atoms with E-state index in [1.165, 1.54) is 16.2 Å². The molecule has 0 spiro atoms. The van der Waals surface area contributed by atoms with Crippen molar-refractivity contribution in [2.75, 3.05) is 11.4 Å². The third-order valence-electron chi connectivity index (χ3n) is 5.84. The van der Waals surface area contributed by atoms with E-state index in [0.717, 1.165) is 25.7 Å². The van der Waals surface area contributed by atoms with E-state index >= 15 is 0 Å². The lowest BCUT2D eigenvalue weighted by molar-refractivity contribution is -0.126. The molecule has 0 radical (unpaired) electrons. The van der Waals surface area contributed by atoms with Crippen molar-refractivity contribution < 1.29 is 14.4 Å². The highest BCUT2D eigenvalue weighted by molar-refractivity contribution is 7.12. The lowest BCUT2D eigenvalue weighted by Gasteiger charge is -2.32. The lowest BCUT2D eigenvalue weighted by atomic mass is 10.0. The maximum absolute atomic E-state index is 13.6. The minimum absolute atomic E-state index is 0.0913. The molecule has 1 aliphatic rings. The summed E-state index contributed by atoms with van der Waals surface area (Å²) >= 11 is 7.40. The molecule has 176 valence electrons. The van der Waals surface area contributed by atoms with Gasteiger partial charge in [-0.3, -0.25) is 19.3 Å². The molecule has 1 atom stereocenters. The molecule has 34 heavy (non-hydrogen) atoms. The van der Waals surface area contributed by atoms with Crippen molar-refractivity contribution in [3.8, 4) is 0 Å². The van der Waals surface area contributed by atoms with Crippen LogP contribution in [0.3, 0.4) is 0 Å². The van der Waals surface area contributed by atoms with Crippen LogP contribution < -0.4 is 15.5 Å². The van der Waals surface area contributed by atoms with Gasteiger partial charge in [-0.1, -0.05) is 60.8 Å². The molecule has 0 aliphatic heterocycles. The first-order valence-electron chi connectivity index (χ1n) is 11.3. The van der Waals surface area contributed by atoms with E-state index in [4.69, 9.17) is 11.6 Å². The maximum atomic E-state index is 13.6. The first-order valence-corrected chi connectivity index (χ1v) is 12.5. The summed E-state index contributed by atoms with van der Waals surface area (Å²) in [5, 5.41) is 8.17. The van der Waals surface area contributed by atoms with Gasteiger partial charge in [-0.2, -0.15) is 0 Å². The lowest BCUT2D eigenvalue weighted by Crippen LogP contribution is -2.49. The van der Waals surface area contributed by atoms with Crippen LogP contribution in [0.15, 0.2) is 72.1 Å². The number of para-hydroxylation sites is 1. The highest BCUT2D eigenvalue weighted by Gasteiger charge is 2.34. The van der Waals surface area contributed by atoms with Gasteiger partial charge in [0.2, 0.25) is 11.8 Å². The van der Waals surface area contributed by atoms with Crippen molar-refractivity contribution >= 4 is 46.3 Å². The van der Waals surface area contributed by atoms with Crippen molar-refractivity contribution in [2.45, 2.75) is 37.8 Å². The van der Waals surface area contributed by atoms with Crippen molar-refractivity contribution in [3.05, 3.63) is 87.6 Å². The highest BCUT2D eigenvalue weighted by atomic mass is 35.5. The molecule has 1 heterocycles. The van der Waals surface area contributed by atoms with Gasteiger partial charge in [-0.15, -0.1) is 11.3 Å². The Bertz CT molecular complexity index is 1110. The molecule has 1 aliphatic carbocycles. The number of hydrogen-bond donors (Lipinski definition) is 2. The topological polar surface area (TPSA) is 78.5 Å². The van der Waals surface area contributed by atoms with Crippen LogP contribution in [0.4, 0.5) is 5.69 Å². The summed E-state index contributed by atoms with van der Waals surface area (Å²) in [4.78, 5) is 41.6. The molecule has 2 aromatic carbocycles. The van der Waals surface area contributed by atoms with E-state index in [-0.39, 0.29) is 24.4 Å². The molecule has 6 nitrogen and oxygen atoms in total. The van der Waals surface area contributed by atoms with Gasteiger partial charge in [0.25, 0.3) is 5.91 Å². The molecule has 1 aromatic heterocycles. The first kappa shape index (κ1) is 24.0. The molecule has 0 unspecified atom stereocenters. The van der Waals surface area contributed by atoms with Crippen molar-refractivity contribution in [3.63, 3.8) is 0 Å². The fourth-order valence-electron chi connectivity index (χ4n) is 4.17. The Balaban J connectivity index is 1.65. The van der Waals surface area contributed by atoms with Gasteiger partial charge in [-0.05, 0) is 54.1 Å². The number of carbonyl (C=O) groups is 3. The van der Waals surface area contributed by atoms with Gasteiger partial charge in [-0.25, -0.2) is 0 Å². The molecule has 4 rings (SSSR count). The number of thiophene rings is 1. The standard InChI is InChI=1S/C26H26ClN3O3S/c27-19-14-12-18(13-15-19)24(26(33)29-20-7-4-5-8-20)30(21-9-2-1-3-10-21)23(31)17-28-25(32)22-11-6-16-34-22/h1-3,6,9-16,20,24H,4-5,7-8,17H2,(H,28,32)(H,29,33)/t24-/m0/s1. The molecule has 3 aromatic rings. The van der Waals surface area contributed by atoms with Gasteiger partial charge >= 0.3 is 0 Å². The van der Waals surface area contributed by atoms with Gasteiger partial charge in [0.1, 0.15) is 6.04 Å². The van der Waals surface area contributed by atoms with E-state index in [9.17, 15) is 14.4 Å². The number of amides is 3. The van der Waals surface area contributed by atoms with Gasteiger partial charge < -0.3 is 10.6 Å². The van der Waals surface area contributed by atoms with E-state index in [0.29, 0.717) is 21.2 Å². The zero-order valence-corrected chi connectivity index (χ0v) is 20.1. The van der Waals surface area contributed by atoms with Crippen LogP contribution in [0.1, 0.15) is 47.0 Å². The zero-order valence-electron chi connectivity index (χ0n) is 18.6. The summed E-state index contributed by atoms with van der Waals surface area (Å²) in [5.74, 6) is -0.969. The normalized spacial score (nSPS) is 14.4. The maximum Gasteiger partial charge on any atom is 0.261 e. The predicted molar refractivity (Wildman–Crippen MR) is 135 cm³/mol. The second kappa shape index (κ2) is 11.3. The van der Waals surface area contributed by atoms with Crippen LogP contribution >= 0.6 is 22.9 Å². The summed E-state index contributed by atoms with van der Waals surface area (Å²) in [6.45, 7) is -0.244. The molecule has 0 saturated heterocycles.